The zero-order valence-electron chi connectivity index (χ0n) is 18.1. The Morgan fingerprint density at radius 3 is 2.53 bits per heavy atom. The highest BCUT2D eigenvalue weighted by Crippen LogP contribution is 2.31. The number of anilines is 2. The van der Waals surface area contributed by atoms with Crippen LogP contribution in [0.4, 0.5) is 11.4 Å². The highest BCUT2D eigenvalue weighted by molar-refractivity contribution is 6.08. The molecule has 5 nitrogen and oxygen atoms in total. The van der Waals surface area contributed by atoms with Gasteiger partial charge < -0.3 is 15.7 Å². The van der Waals surface area contributed by atoms with E-state index in [9.17, 15) is 9.90 Å². The van der Waals surface area contributed by atoms with E-state index in [0.717, 1.165) is 35.0 Å². The predicted octanol–water partition coefficient (Wildman–Crippen LogP) is 5.14. The number of hydrogen-bond acceptors (Lipinski definition) is 4. The molecule has 0 spiro atoms. The molecule has 0 radical (unpaired) electrons. The molecule has 0 aliphatic heterocycles. The Labute approximate surface area is 188 Å². The van der Waals surface area contributed by atoms with Crippen molar-refractivity contribution in [2.24, 2.45) is 0 Å². The Balaban J connectivity index is 1.61. The van der Waals surface area contributed by atoms with Crippen LogP contribution in [0.5, 0.6) is 0 Å². The third-order valence-corrected chi connectivity index (χ3v) is 5.57. The lowest BCUT2D eigenvalue weighted by Gasteiger charge is -2.17. The van der Waals surface area contributed by atoms with Crippen molar-refractivity contribution in [1.82, 2.24) is 10.3 Å². The van der Waals surface area contributed by atoms with Gasteiger partial charge in [-0.25, -0.2) is 0 Å². The van der Waals surface area contributed by atoms with Crippen molar-refractivity contribution >= 4 is 28.2 Å². The Bertz CT molecular complexity index is 1220. The second-order valence-corrected chi connectivity index (χ2v) is 7.80. The van der Waals surface area contributed by atoms with Gasteiger partial charge in [0.1, 0.15) is 0 Å². The van der Waals surface area contributed by atoms with Crippen LogP contribution < -0.4 is 10.6 Å². The van der Waals surface area contributed by atoms with Crippen molar-refractivity contribution in [3.63, 3.8) is 0 Å². The van der Waals surface area contributed by atoms with E-state index in [0.29, 0.717) is 23.3 Å². The molecule has 0 saturated carbocycles. The first-order chi connectivity index (χ1) is 15.7. The molecule has 162 valence electrons. The lowest BCUT2D eigenvalue weighted by Crippen LogP contribution is -2.26. The van der Waals surface area contributed by atoms with E-state index in [1.165, 1.54) is 5.56 Å². The number of rotatable bonds is 8. The SMILES string of the molecule is Cc1ccccc1Nc1c(C(=O)NCCCc2ccccc2)cnc2c(CO)cccc12. The zero-order valence-corrected chi connectivity index (χ0v) is 18.1. The largest absolute Gasteiger partial charge is 0.392 e. The fourth-order valence-corrected chi connectivity index (χ4v) is 3.80. The van der Waals surface area contributed by atoms with Crippen molar-refractivity contribution in [3.05, 3.63) is 101 Å². The van der Waals surface area contributed by atoms with E-state index >= 15 is 0 Å². The molecule has 4 rings (SSSR count). The summed E-state index contributed by atoms with van der Waals surface area (Å²) in [6.45, 7) is 2.49. The van der Waals surface area contributed by atoms with Crippen LogP contribution in [0.25, 0.3) is 10.9 Å². The van der Waals surface area contributed by atoms with Gasteiger partial charge in [0.05, 0.1) is 23.4 Å². The Hall–Kier alpha value is -3.70. The second kappa shape index (κ2) is 10.1. The third-order valence-electron chi connectivity index (χ3n) is 5.57. The van der Waals surface area contributed by atoms with Crippen LogP contribution in [0.2, 0.25) is 0 Å². The monoisotopic (exact) mass is 425 g/mol. The minimum Gasteiger partial charge on any atom is -0.392 e. The predicted molar refractivity (Wildman–Crippen MR) is 129 cm³/mol. The van der Waals surface area contributed by atoms with Crippen LogP contribution in [0, 0.1) is 6.92 Å². The van der Waals surface area contributed by atoms with Gasteiger partial charge in [0, 0.05) is 29.4 Å². The minimum absolute atomic E-state index is 0.112. The highest BCUT2D eigenvalue weighted by atomic mass is 16.3. The molecule has 3 aromatic carbocycles. The summed E-state index contributed by atoms with van der Waals surface area (Å²) in [6.07, 6.45) is 3.35. The summed E-state index contributed by atoms with van der Waals surface area (Å²) in [5, 5.41) is 17.0. The summed E-state index contributed by atoms with van der Waals surface area (Å²) in [7, 11) is 0. The summed E-state index contributed by atoms with van der Waals surface area (Å²) >= 11 is 0. The number of hydrogen-bond donors (Lipinski definition) is 3. The number of nitrogens with one attached hydrogen (secondary N) is 2. The molecule has 5 heteroatoms. The number of aryl methyl sites for hydroxylation is 2. The number of para-hydroxylation sites is 2. The maximum atomic E-state index is 13.1. The summed E-state index contributed by atoms with van der Waals surface area (Å²) < 4.78 is 0. The molecule has 0 unspecified atom stereocenters. The van der Waals surface area contributed by atoms with Crippen molar-refractivity contribution in [3.8, 4) is 0 Å². The van der Waals surface area contributed by atoms with E-state index in [-0.39, 0.29) is 12.5 Å². The summed E-state index contributed by atoms with van der Waals surface area (Å²) in [5.41, 5.74) is 5.85. The molecule has 1 heterocycles. The second-order valence-electron chi connectivity index (χ2n) is 7.80. The van der Waals surface area contributed by atoms with Crippen LogP contribution in [-0.2, 0) is 13.0 Å². The van der Waals surface area contributed by atoms with Crippen LogP contribution in [0.15, 0.2) is 79.0 Å². The topological polar surface area (TPSA) is 74.2 Å². The van der Waals surface area contributed by atoms with Gasteiger partial charge >= 0.3 is 0 Å². The number of amides is 1. The molecule has 0 saturated heterocycles. The highest BCUT2D eigenvalue weighted by Gasteiger charge is 2.17. The maximum absolute atomic E-state index is 13.1. The van der Waals surface area contributed by atoms with E-state index in [2.05, 4.69) is 27.8 Å². The first-order valence-electron chi connectivity index (χ1n) is 10.8. The smallest absolute Gasteiger partial charge is 0.254 e. The van der Waals surface area contributed by atoms with Gasteiger partial charge in [-0.2, -0.15) is 0 Å². The number of fused-ring (bicyclic) bond motifs is 1. The number of nitrogens with zero attached hydrogens (tertiary/aromatic N) is 1. The number of pyridine rings is 1. The number of aliphatic hydroxyl groups excluding tert-OH is 1. The Morgan fingerprint density at radius 2 is 1.75 bits per heavy atom. The van der Waals surface area contributed by atoms with Gasteiger partial charge in [0.25, 0.3) is 5.91 Å². The summed E-state index contributed by atoms with van der Waals surface area (Å²) in [5.74, 6) is -0.169. The summed E-state index contributed by atoms with van der Waals surface area (Å²) in [6, 6.07) is 23.8. The molecule has 0 bridgehead atoms. The Kier molecular flexibility index (Phi) is 6.78. The van der Waals surface area contributed by atoms with E-state index < -0.39 is 0 Å². The van der Waals surface area contributed by atoms with Gasteiger partial charge in [0.15, 0.2) is 0 Å². The van der Waals surface area contributed by atoms with E-state index in [1.54, 1.807) is 6.20 Å². The quantitative estimate of drug-likeness (QED) is 0.342. The fourth-order valence-electron chi connectivity index (χ4n) is 3.80. The number of carbonyl (C=O) groups excluding carboxylic acids is 1. The van der Waals surface area contributed by atoms with Crippen molar-refractivity contribution < 1.29 is 9.90 Å². The first-order valence-corrected chi connectivity index (χ1v) is 10.8. The minimum atomic E-state index is -0.169. The van der Waals surface area contributed by atoms with Crippen LogP contribution >= 0.6 is 0 Å². The molecular weight excluding hydrogens is 398 g/mol. The van der Waals surface area contributed by atoms with Gasteiger partial charge in [-0.15, -0.1) is 0 Å². The summed E-state index contributed by atoms with van der Waals surface area (Å²) in [4.78, 5) is 17.6. The standard InChI is InChI=1S/C27H27N3O2/c1-19-9-5-6-15-24(19)30-26-22-14-7-13-21(18-31)25(22)29-17-23(26)27(32)28-16-8-12-20-10-3-2-4-11-20/h2-7,9-11,13-15,17,31H,8,12,16,18H2,1H3,(H,28,32)(H,29,30). The molecule has 0 fully saturated rings. The molecule has 4 aromatic rings. The number of aromatic nitrogens is 1. The van der Waals surface area contributed by atoms with Crippen molar-refractivity contribution in [2.45, 2.75) is 26.4 Å². The van der Waals surface area contributed by atoms with E-state index in [1.807, 2.05) is 67.6 Å². The molecule has 0 atom stereocenters. The van der Waals surface area contributed by atoms with Crippen LogP contribution in [-0.4, -0.2) is 22.5 Å². The Morgan fingerprint density at radius 1 is 0.969 bits per heavy atom. The van der Waals surface area contributed by atoms with Gasteiger partial charge in [-0.3, -0.25) is 9.78 Å². The van der Waals surface area contributed by atoms with Gasteiger partial charge in [-0.1, -0.05) is 66.7 Å². The lowest BCUT2D eigenvalue weighted by molar-refractivity contribution is 0.0954. The molecule has 0 aliphatic carbocycles. The molecule has 1 amide bonds. The molecule has 0 aliphatic rings. The lowest BCUT2D eigenvalue weighted by atomic mass is 10.0. The number of carbonyl (C=O) groups is 1. The number of aliphatic hydroxyl groups is 1. The average molecular weight is 426 g/mol. The van der Waals surface area contributed by atoms with E-state index in [4.69, 9.17) is 0 Å². The van der Waals surface area contributed by atoms with Gasteiger partial charge in [-0.05, 0) is 37.0 Å². The van der Waals surface area contributed by atoms with Crippen molar-refractivity contribution in [2.75, 3.05) is 11.9 Å². The maximum Gasteiger partial charge on any atom is 0.254 e. The molecule has 1 aromatic heterocycles. The van der Waals surface area contributed by atoms with Crippen molar-refractivity contribution in [1.29, 1.82) is 0 Å². The molecular formula is C27H27N3O2. The van der Waals surface area contributed by atoms with Crippen LogP contribution in [0.1, 0.15) is 33.5 Å². The third kappa shape index (κ3) is 4.79. The molecule has 32 heavy (non-hydrogen) atoms. The fraction of sp³-hybridized carbons (Fsp3) is 0.185. The van der Waals surface area contributed by atoms with Crippen LogP contribution in [0.3, 0.4) is 0 Å². The average Bonchev–Trinajstić information content (AvgIpc) is 2.83. The normalized spacial score (nSPS) is 10.8. The molecule has 3 N–H and O–H groups in total. The number of benzene rings is 3. The zero-order chi connectivity index (χ0) is 22.3. The first kappa shape index (κ1) is 21.5. The van der Waals surface area contributed by atoms with Gasteiger partial charge in [0.2, 0.25) is 0 Å².